The van der Waals surface area contributed by atoms with Gasteiger partial charge in [-0.25, -0.2) is 4.79 Å². The van der Waals surface area contributed by atoms with Crippen molar-refractivity contribution in [1.29, 1.82) is 0 Å². The van der Waals surface area contributed by atoms with Crippen LogP contribution in [0.3, 0.4) is 0 Å². The maximum Gasteiger partial charge on any atom is 0.326 e. The Hall–Kier alpha value is -2.91. The Morgan fingerprint density at radius 1 is 1.15 bits per heavy atom. The summed E-state index contributed by atoms with van der Waals surface area (Å²) in [6.45, 7) is 8.76. The molecule has 1 aromatic heterocycles. The molecule has 1 fully saturated rings. The number of likely N-dealkylation sites (tertiary alicyclic amines) is 1. The van der Waals surface area contributed by atoms with Gasteiger partial charge in [-0.15, -0.1) is 0 Å². The summed E-state index contributed by atoms with van der Waals surface area (Å²) in [5.74, 6) is -1.51. The molecule has 2 aromatic rings. The van der Waals surface area contributed by atoms with Crippen molar-refractivity contribution in [3.63, 3.8) is 0 Å². The molecule has 1 aliphatic heterocycles. The molecule has 2 heterocycles. The number of benzene rings is 1. The topological polar surface area (TPSA) is 121 Å². The third-order valence-corrected chi connectivity index (χ3v) is 8.70. The summed E-state index contributed by atoms with van der Waals surface area (Å²) in [5, 5.41) is 13.5. The number of rotatable bonds is 14. The molecule has 9 heteroatoms. The summed E-state index contributed by atoms with van der Waals surface area (Å²) >= 11 is 0. The van der Waals surface area contributed by atoms with Crippen LogP contribution in [0.4, 0.5) is 0 Å². The van der Waals surface area contributed by atoms with Crippen LogP contribution in [0.5, 0.6) is 0 Å². The van der Waals surface area contributed by atoms with Gasteiger partial charge in [-0.2, -0.15) is 0 Å². The lowest BCUT2D eigenvalue weighted by Crippen LogP contribution is -2.52. The highest BCUT2D eigenvalue weighted by Crippen LogP contribution is 2.29. The predicted molar refractivity (Wildman–Crippen MR) is 150 cm³/mol. The van der Waals surface area contributed by atoms with Crippen LogP contribution in [-0.4, -0.2) is 77.8 Å². The number of carbonyl (C=O) groups excluding carboxylic acids is 2. The number of fused-ring (bicyclic) bond motifs is 1. The number of para-hydroxylation sites is 1. The van der Waals surface area contributed by atoms with Gasteiger partial charge in [-0.1, -0.05) is 52.3 Å². The van der Waals surface area contributed by atoms with Crippen molar-refractivity contribution in [2.75, 3.05) is 20.8 Å². The molecule has 0 spiro atoms. The molecule has 1 aliphatic rings. The maximum absolute atomic E-state index is 13.4. The number of nitrogens with zero attached hydrogens (tertiary/aromatic N) is 1. The predicted octanol–water partition coefficient (Wildman–Crippen LogP) is 4.01. The zero-order chi connectivity index (χ0) is 28.7. The van der Waals surface area contributed by atoms with Gasteiger partial charge in [-0.3, -0.25) is 9.59 Å². The lowest BCUT2D eigenvalue weighted by molar-refractivity contribution is -0.145. The largest absolute Gasteiger partial charge is 0.480 e. The van der Waals surface area contributed by atoms with E-state index < -0.39 is 29.9 Å². The van der Waals surface area contributed by atoms with Crippen molar-refractivity contribution in [1.82, 2.24) is 15.2 Å². The minimum atomic E-state index is -1.10. The standard InChI is InChI=1S/C30H45N3O6/c1-7-18(2)19(3)26(38-5)16-27(34)33-14-10-13-25(33)28(39-6)20(4)29(35)32-24(30(36)37)15-21-17-31-23-12-9-8-11-22(21)23/h8-9,11-12,17-20,24-26,28,31H,7,10,13-16H2,1-6H3,(H,32,35)(H,36,37)/t18?,19?,20?,24-,25?,26?,28?/m0/s1. The lowest BCUT2D eigenvalue weighted by Gasteiger charge is -2.35. The maximum atomic E-state index is 13.4. The smallest absolute Gasteiger partial charge is 0.326 e. The van der Waals surface area contributed by atoms with E-state index in [1.807, 2.05) is 29.2 Å². The SMILES string of the molecule is CCC(C)C(C)C(CC(=O)N1CCCC1C(OC)C(C)C(=O)N[C@@H](Cc1c[nH]c2ccccc12)C(=O)O)OC. The highest BCUT2D eigenvalue weighted by molar-refractivity contribution is 5.87. The average molecular weight is 544 g/mol. The first-order chi connectivity index (χ1) is 18.6. The molecule has 3 rings (SSSR count). The first-order valence-corrected chi connectivity index (χ1v) is 14.1. The van der Waals surface area contributed by atoms with Gasteiger partial charge in [0.05, 0.1) is 30.6 Å². The number of hydrogen-bond acceptors (Lipinski definition) is 5. The number of H-pyrrole nitrogens is 1. The number of carboxylic acids is 1. The van der Waals surface area contributed by atoms with Gasteiger partial charge in [0.25, 0.3) is 0 Å². The van der Waals surface area contributed by atoms with E-state index in [1.54, 1.807) is 27.3 Å². The summed E-state index contributed by atoms with van der Waals surface area (Å²) in [6.07, 6.45) is 4.02. The summed E-state index contributed by atoms with van der Waals surface area (Å²) in [4.78, 5) is 43.8. The fourth-order valence-corrected chi connectivity index (χ4v) is 5.82. The van der Waals surface area contributed by atoms with Crippen LogP contribution in [0.25, 0.3) is 10.9 Å². The van der Waals surface area contributed by atoms with Crippen molar-refractivity contribution < 1.29 is 29.0 Å². The first kappa shape index (κ1) is 30.6. The van der Waals surface area contributed by atoms with Gasteiger partial charge in [0.15, 0.2) is 0 Å². The molecule has 0 radical (unpaired) electrons. The van der Waals surface area contributed by atoms with Gasteiger partial charge >= 0.3 is 5.97 Å². The number of amides is 2. The summed E-state index contributed by atoms with van der Waals surface area (Å²) in [6, 6.07) is 6.29. The third kappa shape index (κ3) is 7.19. The minimum absolute atomic E-state index is 0.00286. The summed E-state index contributed by atoms with van der Waals surface area (Å²) < 4.78 is 11.5. The summed E-state index contributed by atoms with van der Waals surface area (Å²) in [7, 11) is 3.19. The van der Waals surface area contributed by atoms with Crippen LogP contribution in [0.15, 0.2) is 30.5 Å². The van der Waals surface area contributed by atoms with Gasteiger partial charge in [0.1, 0.15) is 6.04 Å². The molecule has 1 saturated heterocycles. The van der Waals surface area contributed by atoms with Crippen LogP contribution in [-0.2, 0) is 30.3 Å². The van der Waals surface area contributed by atoms with E-state index in [0.29, 0.717) is 12.5 Å². The average Bonchev–Trinajstić information content (AvgIpc) is 3.58. The Labute approximate surface area is 231 Å². The zero-order valence-electron chi connectivity index (χ0n) is 24.1. The van der Waals surface area contributed by atoms with Crippen LogP contribution >= 0.6 is 0 Å². The second-order valence-corrected chi connectivity index (χ2v) is 11.0. The highest BCUT2D eigenvalue weighted by Gasteiger charge is 2.41. The van der Waals surface area contributed by atoms with Crippen LogP contribution < -0.4 is 5.32 Å². The summed E-state index contributed by atoms with van der Waals surface area (Å²) in [5.41, 5.74) is 1.73. The molecule has 3 N–H and O–H groups in total. The van der Waals surface area contributed by atoms with E-state index in [9.17, 15) is 19.5 Å². The Bertz CT molecular complexity index is 1120. The first-order valence-electron chi connectivity index (χ1n) is 14.1. The van der Waals surface area contributed by atoms with E-state index in [1.165, 1.54) is 0 Å². The second-order valence-electron chi connectivity index (χ2n) is 11.0. The molecule has 216 valence electrons. The molecule has 9 nitrogen and oxygen atoms in total. The number of carboxylic acid groups (broad SMARTS) is 1. The Balaban J connectivity index is 1.69. The van der Waals surface area contributed by atoms with Crippen molar-refractivity contribution >= 4 is 28.7 Å². The van der Waals surface area contributed by atoms with Crippen molar-refractivity contribution in [2.45, 2.75) is 84.1 Å². The van der Waals surface area contributed by atoms with Gasteiger partial charge in [0, 0.05) is 44.3 Å². The molecule has 0 bridgehead atoms. The monoisotopic (exact) mass is 543 g/mol. The molecule has 39 heavy (non-hydrogen) atoms. The fraction of sp³-hybridized carbons (Fsp3) is 0.633. The Morgan fingerprint density at radius 3 is 2.51 bits per heavy atom. The lowest BCUT2D eigenvalue weighted by atomic mass is 9.87. The number of nitrogens with one attached hydrogen (secondary N) is 2. The van der Waals surface area contributed by atoms with E-state index in [0.717, 1.165) is 35.7 Å². The van der Waals surface area contributed by atoms with Crippen LogP contribution in [0.2, 0.25) is 0 Å². The minimum Gasteiger partial charge on any atom is -0.480 e. The quantitative estimate of drug-likeness (QED) is 0.331. The molecule has 0 aliphatic carbocycles. The normalized spacial score (nSPS) is 20.3. The van der Waals surface area contributed by atoms with E-state index in [-0.39, 0.29) is 36.8 Å². The number of hydrogen-bond donors (Lipinski definition) is 3. The molecule has 0 saturated carbocycles. The number of aromatic amines is 1. The van der Waals surface area contributed by atoms with E-state index in [4.69, 9.17) is 9.47 Å². The number of ether oxygens (including phenoxy) is 2. The van der Waals surface area contributed by atoms with Crippen LogP contribution in [0, 0.1) is 17.8 Å². The molecule has 7 atom stereocenters. The molecular weight excluding hydrogens is 498 g/mol. The number of carbonyl (C=O) groups is 3. The van der Waals surface area contributed by atoms with Crippen molar-refractivity contribution in [2.24, 2.45) is 17.8 Å². The number of aliphatic carboxylic acids is 1. The number of aromatic nitrogens is 1. The van der Waals surface area contributed by atoms with Crippen molar-refractivity contribution in [3.05, 3.63) is 36.0 Å². The molecular formula is C30H45N3O6. The van der Waals surface area contributed by atoms with Gasteiger partial charge < -0.3 is 29.8 Å². The van der Waals surface area contributed by atoms with Crippen LogP contribution in [0.1, 0.15) is 58.9 Å². The fourth-order valence-electron chi connectivity index (χ4n) is 5.82. The Kier molecular flexibility index (Phi) is 10.9. The van der Waals surface area contributed by atoms with Gasteiger partial charge in [-0.05, 0) is 36.3 Å². The van der Waals surface area contributed by atoms with E-state index in [2.05, 4.69) is 31.1 Å². The van der Waals surface area contributed by atoms with Gasteiger partial charge in [0.2, 0.25) is 11.8 Å². The zero-order valence-corrected chi connectivity index (χ0v) is 24.1. The number of methoxy groups -OCH3 is 2. The molecule has 1 aromatic carbocycles. The Morgan fingerprint density at radius 2 is 1.87 bits per heavy atom. The van der Waals surface area contributed by atoms with Crippen molar-refractivity contribution in [3.8, 4) is 0 Å². The van der Waals surface area contributed by atoms with E-state index >= 15 is 0 Å². The highest BCUT2D eigenvalue weighted by atomic mass is 16.5. The second kappa shape index (κ2) is 13.9. The molecule has 2 amide bonds. The molecule has 6 unspecified atom stereocenters. The third-order valence-electron chi connectivity index (χ3n) is 8.70.